The van der Waals surface area contributed by atoms with E-state index in [1.54, 1.807) is 0 Å². The number of nitrogens with zero attached hydrogens (tertiary/aromatic N) is 5. The number of hydrogen-bond acceptors (Lipinski definition) is 8. The molecule has 2 aliphatic rings. The zero-order valence-corrected chi connectivity index (χ0v) is 21.6. The summed E-state index contributed by atoms with van der Waals surface area (Å²) in [4.78, 5) is 15.6. The van der Waals surface area contributed by atoms with Crippen LogP contribution in [0.15, 0.2) is 18.3 Å². The number of likely N-dealkylation sites (tertiary alicyclic amines) is 1. The molecular formula is C25H32ClFN6O3. The first-order chi connectivity index (χ1) is 17.0. The van der Waals surface area contributed by atoms with Gasteiger partial charge in [-0.2, -0.15) is 0 Å². The van der Waals surface area contributed by atoms with Crippen molar-refractivity contribution in [1.29, 1.82) is 0 Å². The smallest absolute Gasteiger partial charge is 0.223 e. The summed E-state index contributed by atoms with van der Waals surface area (Å²) in [6, 6.07) is 3.01. The molecule has 0 aliphatic carbocycles. The van der Waals surface area contributed by atoms with Gasteiger partial charge in [0, 0.05) is 30.8 Å². The van der Waals surface area contributed by atoms with Crippen LogP contribution in [0.25, 0.3) is 22.3 Å². The van der Waals surface area contributed by atoms with Crippen LogP contribution in [0.4, 0.5) is 10.3 Å². The largest absolute Gasteiger partial charge is 0.389 e. The quantitative estimate of drug-likeness (QED) is 0.456. The zero-order valence-electron chi connectivity index (χ0n) is 20.9. The SMILES string of the molecule is CC(C)n1c(CN2C[C@@](C)(O)[C@@H]2C)nc2c(F)cc(-c3nc(N[C@@H]4CCOC[C@H]4O)ncc3Cl)cc21. The number of aliphatic hydroxyl groups is 2. The third kappa shape index (κ3) is 4.56. The molecule has 2 aromatic heterocycles. The number of ether oxygens (including phenoxy) is 1. The standard InChI is InChI=1S/C25H32ClFN6O3/c1-13(2)33-19-8-15(7-17(27)23(19)30-21(33)10-32-12-25(4,35)14(32)3)22-16(26)9-28-24(31-22)29-18-5-6-36-11-20(18)34/h7-9,13-14,18,20,34-35H,5-6,10-12H2,1-4H3,(H,28,29,31)/t14-,18+,20+,25+/m0/s1. The highest BCUT2D eigenvalue weighted by Gasteiger charge is 2.45. The first-order valence-electron chi connectivity index (χ1n) is 12.3. The van der Waals surface area contributed by atoms with Gasteiger partial charge in [0.15, 0.2) is 5.82 Å². The molecule has 36 heavy (non-hydrogen) atoms. The molecule has 5 rings (SSSR count). The molecule has 0 amide bonds. The number of benzene rings is 1. The van der Waals surface area contributed by atoms with Crippen molar-refractivity contribution in [2.75, 3.05) is 25.1 Å². The number of nitrogens with one attached hydrogen (secondary N) is 1. The Morgan fingerprint density at radius 3 is 2.78 bits per heavy atom. The summed E-state index contributed by atoms with van der Waals surface area (Å²) >= 11 is 6.45. The maximum absolute atomic E-state index is 15.4. The van der Waals surface area contributed by atoms with Gasteiger partial charge in [0.1, 0.15) is 11.3 Å². The fourth-order valence-corrected chi connectivity index (χ4v) is 5.26. The van der Waals surface area contributed by atoms with E-state index in [4.69, 9.17) is 16.3 Å². The number of fused-ring (bicyclic) bond motifs is 1. The molecule has 0 spiro atoms. The lowest BCUT2D eigenvalue weighted by molar-refractivity contribution is -0.137. The summed E-state index contributed by atoms with van der Waals surface area (Å²) in [6.45, 7) is 9.69. The minimum absolute atomic E-state index is 0.0154. The van der Waals surface area contributed by atoms with Crippen molar-refractivity contribution >= 4 is 28.6 Å². The molecule has 2 fully saturated rings. The number of anilines is 1. The first kappa shape index (κ1) is 25.3. The minimum Gasteiger partial charge on any atom is -0.389 e. The van der Waals surface area contributed by atoms with Crippen LogP contribution in [-0.4, -0.2) is 78.2 Å². The van der Waals surface area contributed by atoms with Crippen molar-refractivity contribution in [3.63, 3.8) is 0 Å². The van der Waals surface area contributed by atoms with E-state index in [-0.39, 0.29) is 30.2 Å². The molecular weight excluding hydrogens is 487 g/mol. The van der Waals surface area contributed by atoms with Crippen molar-refractivity contribution in [1.82, 2.24) is 24.4 Å². The average Bonchev–Trinajstić information content (AvgIpc) is 3.20. The van der Waals surface area contributed by atoms with Gasteiger partial charge < -0.3 is 24.8 Å². The number of hydrogen-bond donors (Lipinski definition) is 3. The van der Waals surface area contributed by atoms with E-state index in [0.717, 1.165) is 5.82 Å². The summed E-state index contributed by atoms with van der Waals surface area (Å²) in [5, 5.41) is 24.0. The lowest BCUT2D eigenvalue weighted by atomic mass is 9.86. The number of imidazole rings is 1. The number of halogens is 2. The highest BCUT2D eigenvalue weighted by molar-refractivity contribution is 6.33. The number of aromatic nitrogens is 4. The number of aliphatic hydroxyl groups excluding tert-OH is 1. The van der Waals surface area contributed by atoms with E-state index in [1.165, 1.54) is 12.3 Å². The Morgan fingerprint density at radius 1 is 1.33 bits per heavy atom. The van der Waals surface area contributed by atoms with E-state index in [0.29, 0.717) is 53.9 Å². The van der Waals surface area contributed by atoms with Crippen molar-refractivity contribution in [2.45, 2.75) is 70.5 Å². The average molecular weight is 519 g/mol. The van der Waals surface area contributed by atoms with Gasteiger partial charge in [-0.3, -0.25) is 4.90 Å². The van der Waals surface area contributed by atoms with Crippen LogP contribution >= 0.6 is 11.6 Å². The molecule has 2 aliphatic heterocycles. The van der Waals surface area contributed by atoms with Gasteiger partial charge in [-0.25, -0.2) is 19.3 Å². The molecule has 11 heteroatoms. The molecule has 0 saturated carbocycles. The molecule has 4 heterocycles. The molecule has 0 radical (unpaired) electrons. The summed E-state index contributed by atoms with van der Waals surface area (Å²) in [5.41, 5.74) is 1.11. The normalized spacial score (nSPS) is 27.0. The van der Waals surface area contributed by atoms with Crippen LogP contribution < -0.4 is 5.32 Å². The Kier molecular flexibility index (Phi) is 6.67. The summed E-state index contributed by atoms with van der Waals surface area (Å²) in [7, 11) is 0. The van der Waals surface area contributed by atoms with E-state index < -0.39 is 17.5 Å². The van der Waals surface area contributed by atoms with Crippen molar-refractivity contribution in [3.05, 3.63) is 35.0 Å². The molecule has 0 unspecified atom stereocenters. The van der Waals surface area contributed by atoms with Crippen LogP contribution in [0.5, 0.6) is 0 Å². The van der Waals surface area contributed by atoms with E-state index >= 15 is 4.39 Å². The molecule has 2 saturated heterocycles. The Labute approximate surface area is 214 Å². The Hall–Kier alpha value is -2.37. The first-order valence-corrected chi connectivity index (χ1v) is 12.6. The van der Waals surface area contributed by atoms with Gasteiger partial charge in [-0.15, -0.1) is 0 Å². The van der Waals surface area contributed by atoms with Crippen LogP contribution in [0.2, 0.25) is 5.02 Å². The van der Waals surface area contributed by atoms with Crippen LogP contribution in [0.3, 0.4) is 0 Å². The lowest BCUT2D eigenvalue weighted by Gasteiger charge is -2.51. The van der Waals surface area contributed by atoms with E-state index in [1.807, 2.05) is 38.3 Å². The fraction of sp³-hybridized carbons (Fsp3) is 0.560. The second-order valence-electron chi connectivity index (χ2n) is 10.3. The number of β-amino-alcohol motifs (C(OH)–C–C–N with tert-alkyl or cyclic N) is 1. The van der Waals surface area contributed by atoms with E-state index in [2.05, 4.69) is 25.2 Å². The van der Waals surface area contributed by atoms with Crippen LogP contribution in [0.1, 0.15) is 46.0 Å². The third-order valence-electron chi connectivity index (χ3n) is 7.31. The third-order valence-corrected chi connectivity index (χ3v) is 7.59. The highest BCUT2D eigenvalue weighted by atomic mass is 35.5. The summed E-state index contributed by atoms with van der Waals surface area (Å²) < 4.78 is 22.7. The molecule has 194 valence electrons. The van der Waals surface area contributed by atoms with Crippen molar-refractivity contribution in [3.8, 4) is 11.3 Å². The Balaban J connectivity index is 1.51. The van der Waals surface area contributed by atoms with Crippen molar-refractivity contribution in [2.24, 2.45) is 0 Å². The van der Waals surface area contributed by atoms with E-state index in [9.17, 15) is 10.2 Å². The highest BCUT2D eigenvalue weighted by Crippen LogP contribution is 2.35. The van der Waals surface area contributed by atoms with Gasteiger partial charge in [-0.05, 0) is 46.2 Å². The summed E-state index contributed by atoms with van der Waals surface area (Å²) in [5.74, 6) is 0.580. The Bertz CT molecular complexity index is 1280. The van der Waals surface area contributed by atoms with Gasteiger partial charge in [0.2, 0.25) is 5.95 Å². The molecule has 3 N–H and O–H groups in total. The second kappa shape index (κ2) is 9.50. The zero-order chi connectivity index (χ0) is 25.8. The fourth-order valence-electron chi connectivity index (χ4n) is 5.06. The molecule has 4 atom stereocenters. The topological polar surface area (TPSA) is 109 Å². The maximum Gasteiger partial charge on any atom is 0.223 e. The predicted molar refractivity (Wildman–Crippen MR) is 135 cm³/mol. The predicted octanol–water partition coefficient (Wildman–Crippen LogP) is 3.38. The molecule has 9 nitrogen and oxygen atoms in total. The molecule has 3 aromatic rings. The van der Waals surface area contributed by atoms with Crippen molar-refractivity contribution < 1.29 is 19.3 Å². The second-order valence-corrected chi connectivity index (χ2v) is 10.7. The monoisotopic (exact) mass is 518 g/mol. The van der Waals surface area contributed by atoms with Crippen LogP contribution in [0, 0.1) is 5.82 Å². The van der Waals surface area contributed by atoms with Gasteiger partial charge >= 0.3 is 0 Å². The van der Waals surface area contributed by atoms with Gasteiger partial charge in [-0.1, -0.05) is 11.6 Å². The lowest BCUT2D eigenvalue weighted by Crippen LogP contribution is -2.66. The van der Waals surface area contributed by atoms with Gasteiger partial charge in [0.05, 0.1) is 53.3 Å². The number of rotatable bonds is 6. The Morgan fingerprint density at radius 2 is 2.11 bits per heavy atom. The molecule has 1 aromatic carbocycles. The van der Waals surface area contributed by atoms with Crippen LogP contribution in [-0.2, 0) is 11.3 Å². The maximum atomic E-state index is 15.4. The minimum atomic E-state index is -0.733. The molecule has 0 bridgehead atoms. The summed E-state index contributed by atoms with van der Waals surface area (Å²) in [6.07, 6.45) is 1.42. The van der Waals surface area contributed by atoms with Gasteiger partial charge in [0.25, 0.3) is 0 Å².